The molecule has 29 heavy (non-hydrogen) atoms. The molecule has 6 heteroatoms. The first kappa shape index (κ1) is 19.2. The molecule has 0 radical (unpaired) electrons. The van der Waals surface area contributed by atoms with Gasteiger partial charge >= 0.3 is 0 Å². The summed E-state index contributed by atoms with van der Waals surface area (Å²) in [5.74, 6) is 0.677. The Morgan fingerprint density at radius 2 is 1.86 bits per heavy atom. The number of thioether (sulfide) groups is 1. The molecule has 5 nitrogen and oxygen atoms in total. The van der Waals surface area contributed by atoms with Crippen LogP contribution in [0.25, 0.3) is 0 Å². The van der Waals surface area contributed by atoms with Crippen molar-refractivity contribution in [1.82, 2.24) is 4.98 Å². The number of benzene rings is 2. The topological polar surface area (TPSA) is 62.3 Å². The number of aromatic nitrogens is 1. The van der Waals surface area contributed by atoms with Crippen LogP contribution < -0.4 is 10.2 Å². The Balaban J connectivity index is 1.45. The lowest BCUT2D eigenvalue weighted by Crippen LogP contribution is -2.28. The van der Waals surface area contributed by atoms with E-state index in [1.165, 1.54) is 5.56 Å². The Morgan fingerprint density at radius 3 is 2.66 bits per heavy atom. The fourth-order valence-corrected chi connectivity index (χ4v) is 4.02. The number of amides is 2. The second-order valence-corrected chi connectivity index (χ2v) is 7.97. The molecule has 2 amide bonds. The average molecular weight is 404 g/mol. The number of carbonyl (C=O) groups excluding carboxylic acids is 2. The Labute approximate surface area is 174 Å². The van der Waals surface area contributed by atoms with Crippen molar-refractivity contribution >= 4 is 35.0 Å². The normalized spacial score (nSPS) is 12.5. The summed E-state index contributed by atoms with van der Waals surface area (Å²) in [5.41, 5.74) is 3.99. The average Bonchev–Trinajstić information content (AvgIpc) is 3.18. The van der Waals surface area contributed by atoms with Crippen molar-refractivity contribution in [2.75, 3.05) is 22.5 Å². The lowest BCUT2D eigenvalue weighted by molar-refractivity contribution is 0.0988. The molecular formula is C23H21N3O2S. The fraction of sp³-hybridized carbons (Fsp3) is 0.174. The zero-order chi connectivity index (χ0) is 20.2. The first-order valence-electron chi connectivity index (χ1n) is 9.56. The van der Waals surface area contributed by atoms with Crippen LogP contribution in [0.15, 0.2) is 71.9 Å². The van der Waals surface area contributed by atoms with E-state index < -0.39 is 0 Å². The zero-order valence-electron chi connectivity index (χ0n) is 16.1. The molecule has 1 aliphatic heterocycles. The second kappa shape index (κ2) is 8.49. The second-order valence-electron chi connectivity index (χ2n) is 6.68. The Morgan fingerprint density at radius 1 is 1.07 bits per heavy atom. The lowest BCUT2D eigenvalue weighted by Gasteiger charge is -2.17. The highest BCUT2D eigenvalue weighted by Crippen LogP contribution is 2.29. The summed E-state index contributed by atoms with van der Waals surface area (Å²) < 4.78 is 0. The summed E-state index contributed by atoms with van der Waals surface area (Å²) in [5, 5.41) is 3.70. The van der Waals surface area contributed by atoms with Crippen LogP contribution >= 0.6 is 11.8 Å². The molecule has 1 N–H and O–H groups in total. The maximum atomic E-state index is 12.9. The van der Waals surface area contributed by atoms with Crippen LogP contribution in [0.1, 0.15) is 33.2 Å². The summed E-state index contributed by atoms with van der Waals surface area (Å²) in [6, 6.07) is 18.5. The quantitative estimate of drug-likeness (QED) is 0.630. The number of rotatable bonds is 5. The molecule has 0 aliphatic carbocycles. The highest BCUT2D eigenvalue weighted by atomic mass is 32.2. The summed E-state index contributed by atoms with van der Waals surface area (Å²) in [6.07, 6.45) is 2.52. The molecule has 3 aromatic rings. The predicted octanol–water partition coefficient (Wildman–Crippen LogP) is 4.65. The van der Waals surface area contributed by atoms with Gasteiger partial charge in [-0.1, -0.05) is 25.1 Å². The van der Waals surface area contributed by atoms with Crippen LogP contribution in [0.2, 0.25) is 0 Å². The van der Waals surface area contributed by atoms with E-state index in [9.17, 15) is 9.59 Å². The molecule has 0 spiro atoms. The maximum Gasteiger partial charge on any atom is 0.258 e. The SMILES string of the molecule is CCSc1cc(C(=O)Nc2ccc(C(=O)N3CCc4ccccc43)cc2)ccn1. The van der Waals surface area contributed by atoms with Gasteiger partial charge in [0.1, 0.15) is 0 Å². The van der Waals surface area contributed by atoms with E-state index in [0.29, 0.717) is 23.4 Å². The molecule has 0 unspecified atom stereocenters. The number of carbonyl (C=O) groups is 2. The van der Waals surface area contributed by atoms with Crippen molar-refractivity contribution in [3.63, 3.8) is 0 Å². The van der Waals surface area contributed by atoms with Crippen molar-refractivity contribution in [1.29, 1.82) is 0 Å². The van der Waals surface area contributed by atoms with Crippen LogP contribution in [0.3, 0.4) is 0 Å². The monoisotopic (exact) mass is 403 g/mol. The smallest absolute Gasteiger partial charge is 0.258 e. The zero-order valence-corrected chi connectivity index (χ0v) is 16.9. The van der Waals surface area contributed by atoms with Crippen LogP contribution in [-0.4, -0.2) is 29.1 Å². The molecule has 4 rings (SSSR count). The van der Waals surface area contributed by atoms with Crippen LogP contribution in [0.5, 0.6) is 0 Å². The Bertz CT molecular complexity index is 1050. The number of fused-ring (bicyclic) bond motifs is 1. The van der Waals surface area contributed by atoms with E-state index >= 15 is 0 Å². The minimum absolute atomic E-state index is 0.0248. The predicted molar refractivity (Wildman–Crippen MR) is 117 cm³/mol. The molecule has 1 aliphatic rings. The third-order valence-corrected chi connectivity index (χ3v) is 5.62. The van der Waals surface area contributed by atoms with Crippen molar-refractivity contribution in [2.45, 2.75) is 18.4 Å². The minimum atomic E-state index is -0.196. The first-order chi connectivity index (χ1) is 14.2. The van der Waals surface area contributed by atoms with E-state index in [-0.39, 0.29) is 11.8 Å². The number of hydrogen-bond acceptors (Lipinski definition) is 4. The van der Waals surface area contributed by atoms with Crippen molar-refractivity contribution in [3.05, 3.63) is 83.6 Å². The summed E-state index contributed by atoms with van der Waals surface area (Å²) in [7, 11) is 0. The van der Waals surface area contributed by atoms with E-state index in [4.69, 9.17) is 0 Å². The summed E-state index contributed by atoms with van der Waals surface area (Å²) in [4.78, 5) is 31.5. The van der Waals surface area contributed by atoms with E-state index in [0.717, 1.165) is 22.9 Å². The summed E-state index contributed by atoms with van der Waals surface area (Å²) >= 11 is 1.59. The van der Waals surface area contributed by atoms with Crippen molar-refractivity contribution in [2.24, 2.45) is 0 Å². The van der Waals surface area contributed by atoms with Gasteiger partial charge in [-0.25, -0.2) is 4.98 Å². The summed E-state index contributed by atoms with van der Waals surface area (Å²) in [6.45, 7) is 2.74. The van der Waals surface area contributed by atoms with Gasteiger partial charge in [-0.15, -0.1) is 11.8 Å². The molecular weight excluding hydrogens is 382 g/mol. The molecule has 2 heterocycles. The van der Waals surface area contributed by atoms with Crippen LogP contribution in [0.4, 0.5) is 11.4 Å². The third kappa shape index (κ3) is 4.17. The highest BCUT2D eigenvalue weighted by molar-refractivity contribution is 7.99. The molecule has 0 saturated carbocycles. The number of pyridine rings is 1. The van der Waals surface area contributed by atoms with E-state index in [1.807, 2.05) is 30.0 Å². The van der Waals surface area contributed by atoms with Gasteiger partial charge in [-0.05, 0) is 60.2 Å². The van der Waals surface area contributed by atoms with E-state index in [2.05, 4.69) is 16.4 Å². The molecule has 0 bridgehead atoms. The third-order valence-electron chi connectivity index (χ3n) is 4.81. The highest BCUT2D eigenvalue weighted by Gasteiger charge is 2.25. The van der Waals surface area contributed by atoms with Gasteiger partial charge in [0.05, 0.1) is 5.03 Å². The molecule has 0 saturated heterocycles. The van der Waals surface area contributed by atoms with Gasteiger partial charge in [0, 0.05) is 35.2 Å². The number of para-hydroxylation sites is 1. The Kier molecular flexibility index (Phi) is 5.62. The number of hydrogen-bond donors (Lipinski definition) is 1. The van der Waals surface area contributed by atoms with Gasteiger partial charge in [-0.2, -0.15) is 0 Å². The Hall–Kier alpha value is -3.12. The molecule has 146 valence electrons. The van der Waals surface area contributed by atoms with Crippen LogP contribution in [-0.2, 0) is 6.42 Å². The molecule has 2 aromatic carbocycles. The number of anilines is 2. The van der Waals surface area contributed by atoms with Crippen molar-refractivity contribution < 1.29 is 9.59 Å². The fourth-order valence-electron chi connectivity index (χ4n) is 3.38. The van der Waals surface area contributed by atoms with E-state index in [1.54, 1.807) is 54.4 Å². The molecule has 0 atom stereocenters. The van der Waals surface area contributed by atoms with Gasteiger partial charge in [0.15, 0.2) is 0 Å². The lowest BCUT2D eigenvalue weighted by atomic mass is 10.1. The van der Waals surface area contributed by atoms with Crippen molar-refractivity contribution in [3.8, 4) is 0 Å². The number of nitrogens with zero attached hydrogens (tertiary/aromatic N) is 2. The van der Waals surface area contributed by atoms with Gasteiger partial charge in [0.25, 0.3) is 11.8 Å². The first-order valence-corrected chi connectivity index (χ1v) is 10.5. The molecule has 0 fully saturated rings. The molecule has 1 aromatic heterocycles. The van der Waals surface area contributed by atoms with Gasteiger partial charge in [0.2, 0.25) is 0 Å². The van der Waals surface area contributed by atoms with Gasteiger partial charge in [-0.3, -0.25) is 9.59 Å². The standard InChI is InChI=1S/C23H21N3O2S/c1-2-29-21-15-18(11-13-24-21)22(27)25-19-9-7-17(8-10-19)23(28)26-14-12-16-5-3-4-6-20(16)26/h3-11,13,15H,2,12,14H2,1H3,(H,25,27). The van der Waals surface area contributed by atoms with Crippen LogP contribution in [0, 0.1) is 0 Å². The largest absolute Gasteiger partial charge is 0.322 e. The minimum Gasteiger partial charge on any atom is -0.322 e. The maximum absolute atomic E-state index is 12.9. The van der Waals surface area contributed by atoms with Gasteiger partial charge < -0.3 is 10.2 Å². The number of nitrogens with one attached hydrogen (secondary N) is 1.